The summed E-state index contributed by atoms with van der Waals surface area (Å²) in [4.78, 5) is 0.369. The van der Waals surface area contributed by atoms with Crippen molar-refractivity contribution in [3.63, 3.8) is 0 Å². The van der Waals surface area contributed by atoms with Gasteiger partial charge in [0.15, 0.2) is 0 Å². The molecular formula is C13H21ClN2O2S. The van der Waals surface area contributed by atoms with Crippen LogP contribution < -0.4 is 0 Å². The molecule has 0 atom stereocenters. The van der Waals surface area contributed by atoms with Crippen LogP contribution in [0.2, 0.25) is 0 Å². The van der Waals surface area contributed by atoms with Gasteiger partial charge in [-0.1, -0.05) is 13.3 Å². The zero-order chi connectivity index (χ0) is 14.0. The van der Waals surface area contributed by atoms with Crippen LogP contribution in [0.1, 0.15) is 38.3 Å². The second-order valence-electron chi connectivity index (χ2n) is 5.11. The molecule has 0 radical (unpaired) electrons. The molecule has 0 spiro atoms. The highest BCUT2D eigenvalue weighted by molar-refractivity contribution is 7.89. The predicted molar refractivity (Wildman–Crippen MR) is 76.8 cm³/mol. The van der Waals surface area contributed by atoms with Crippen molar-refractivity contribution in [2.45, 2.75) is 49.4 Å². The molecule has 1 heterocycles. The summed E-state index contributed by atoms with van der Waals surface area (Å²) in [6, 6.07) is 1.89. The number of aryl methyl sites for hydroxylation is 1. The first-order chi connectivity index (χ1) is 9.00. The predicted octanol–water partition coefficient (Wildman–Crippen LogP) is 2.72. The third-order valence-corrected chi connectivity index (χ3v) is 5.70. The number of halogens is 1. The van der Waals surface area contributed by atoms with Crippen LogP contribution in [0.4, 0.5) is 0 Å². The van der Waals surface area contributed by atoms with E-state index < -0.39 is 10.0 Å². The summed E-state index contributed by atoms with van der Waals surface area (Å²) in [5.41, 5.74) is 0.825. The number of unbranched alkanes of at least 4 members (excludes halogenated alkanes) is 1. The molecule has 1 aliphatic carbocycles. The van der Waals surface area contributed by atoms with Gasteiger partial charge in [0.2, 0.25) is 10.0 Å². The van der Waals surface area contributed by atoms with Gasteiger partial charge in [-0.2, -0.15) is 4.31 Å². The van der Waals surface area contributed by atoms with Gasteiger partial charge in [0.25, 0.3) is 0 Å². The molecule has 6 heteroatoms. The summed E-state index contributed by atoms with van der Waals surface area (Å²) in [5.74, 6) is 0.324. The molecule has 0 aliphatic heterocycles. The van der Waals surface area contributed by atoms with E-state index in [2.05, 4.69) is 6.92 Å². The van der Waals surface area contributed by atoms with Crippen molar-refractivity contribution >= 4 is 21.6 Å². The minimum Gasteiger partial charge on any atom is -0.352 e. The van der Waals surface area contributed by atoms with Gasteiger partial charge in [-0.3, -0.25) is 0 Å². The van der Waals surface area contributed by atoms with E-state index in [0.717, 1.165) is 31.4 Å². The highest BCUT2D eigenvalue weighted by Crippen LogP contribution is 2.32. The van der Waals surface area contributed by atoms with E-state index in [1.54, 1.807) is 21.1 Å². The summed E-state index contributed by atoms with van der Waals surface area (Å²) in [7, 11) is -1.54. The fourth-order valence-corrected chi connectivity index (χ4v) is 4.25. The Kier molecular flexibility index (Phi) is 4.58. The highest BCUT2D eigenvalue weighted by Gasteiger charge is 2.38. The molecule has 0 aromatic carbocycles. The molecule has 0 amide bonds. The Balaban J connectivity index is 2.27. The van der Waals surface area contributed by atoms with Crippen molar-refractivity contribution in [1.82, 2.24) is 8.87 Å². The van der Waals surface area contributed by atoms with Crippen LogP contribution in [0, 0.1) is 0 Å². The van der Waals surface area contributed by atoms with Crippen LogP contribution >= 0.6 is 11.6 Å². The van der Waals surface area contributed by atoms with Gasteiger partial charge in [0, 0.05) is 31.5 Å². The molecule has 0 N–H and O–H groups in total. The summed E-state index contributed by atoms with van der Waals surface area (Å²) in [5, 5.41) is 0. The first kappa shape index (κ1) is 14.9. The van der Waals surface area contributed by atoms with Crippen LogP contribution in [0.3, 0.4) is 0 Å². The smallest absolute Gasteiger partial charge is 0.244 e. The van der Waals surface area contributed by atoms with E-state index >= 15 is 0 Å². The van der Waals surface area contributed by atoms with Gasteiger partial charge in [-0.05, 0) is 25.3 Å². The number of hydrogen-bond donors (Lipinski definition) is 0. The van der Waals surface area contributed by atoms with Gasteiger partial charge in [0.1, 0.15) is 4.90 Å². The molecular weight excluding hydrogens is 284 g/mol. The number of hydrogen-bond acceptors (Lipinski definition) is 2. The fourth-order valence-electron chi connectivity index (χ4n) is 2.16. The van der Waals surface area contributed by atoms with Crippen molar-refractivity contribution in [3.05, 3.63) is 18.0 Å². The van der Waals surface area contributed by atoms with Crippen molar-refractivity contribution in [2.75, 3.05) is 6.54 Å². The molecule has 2 rings (SSSR count). The number of sulfonamides is 1. The van der Waals surface area contributed by atoms with Crippen LogP contribution in [-0.4, -0.2) is 29.9 Å². The Morgan fingerprint density at radius 1 is 1.47 bits per heavy atom. The fraction of sp³-hybridized carbons (Fsp3) is 0.692. The molecule has 1 aromatic heterocycles. The summed E-state index contributed by atoms with van der Waals surface area (Å²) in [6.45, 7) is 2.69. The number of rotatable bonds is 7. The lowest BCUT2D eigenvalue weighted by Gasteiger charge is -2.20. The Bertz CT molecular complexity index is 535. The van der Waals surface area contributed by atoms with Gasteiger partial charge < -0.3 is 4.57 Å². The zero-order valence-corrected chi connectivity index (χ0v) is 13.0. The summed E-state index contributed by atoms with van der Waals surface area (Å²) < 4.78 is 28.8. The molecule has 19 heavy (non-hydrogen) atoms. The lowest BCUT2D eigenvalue weighted by molar-refractivity contribution is 0.395. The normalized spacial score (nSPS) is 16.2. The summed E-state index contributed by atoms with van der Waals surface area (Å²) in [6.07, 6.45) is 5.54. The molecule has 1 saturated carbocycles. The largest absolute Gasteiger partial charge is 0.352 e. The molecule has 4 nitrogen and oxygen atoms in total. The average Bonchev–Trinajstić information content (AvgIpc) is 3.11. The number of nitrogens with zero attached hydrogens (tertiary/aromatic N) is 2. The van der Waals surface area contributed by atoms with E-state index in [0.29, 0.717) is 17.3 Å². The number of alkyl halides is 1. The van der Waals surface area contributed by atoms with Crippen molar-refractivity contribution in [1.29, 1.82) is 0 Å². The van der Waals surface area contributed by atoms with Crippen molar-refractivity contribution in [3.8, 4) is 0 Å². The van der Waals surface area contributed by atoms with Crippen LogP contribution in [-0.2, 0) is 23.0 Å². The summed E-state index contributed by atoms with van der Waals surface area (Å²) >= 11 is 5.80. The van der Waals surface area contributed by atoms with Gasteiger partial charge in [-0.25, -0.2) is 8.42 Å². The second kappa shape index (κ2) is 5.85. The SMILES string of the molecule is CCCCN(C1CC1)S(=O)(=O)c1cc(CCl)n(C)c1. The maximum Gasteiger partial charge on any atom is 0.244 e. The molecule has 0 bridgehead atoms. The highest BCUT2D eigenvalue weighted by atomic mass is 35.5. The third kappa shape index (κ3) is 3.15. The lowest BCUT2D eigenvalue weighted by Crippen LogP contribution is -2.33. The maximum absolute atomic E-state index is 12.7. The van der Waals surface area contributed by atoms with E-state index in [1.807, 2.05) is 7.05 Å². The maximum atomic E-state index is 12.7. The van der Waals surface area contributed by atoms with Crippen LogP contribution in [0.25, 0.3) is 0 Å². The molecule has 1 aliphatic rings. The van der Waals surface area contributed by atoms with Crippen LogP contribution in [0.15, 0.2) is 17.2 Å². The molecule has 1 fully saturated rings. The molecule has 108 valence electrons. The Hall–Kier alpha value is -0.520. The van der Waals surface area contributed by atoms with Crippen LogP contribution in [0.5, 0.6) is 0 Å². The van der Waals surface area contributed by atoms with E-state index in [4.69, 9.17) is 11.6 Å². The second-order valence-corrected chi connectivity index (χ2v) is 7.27. The average molecular weight is 305 g/mol. The van der Waals surface area contributed by atoms with Crippen molar-refractivity contribution < 1.29 is 8.42 Å². The number of aromatic nitrogens is 1. The lowest BCUT2D eigenvalue weighted by atomic mass is 10.3. The Labute approximate surface area is 120 Å². The third-order valence-electron chi connectivity index (χ3n) is 3.51. The first-order valence-electron chi connectivity index (χ1n) is 6.73. The van der Waals surface area contributed by atoms with Crippen molar-refractivity contribution in [2.24, 2.45) is 7.05 Å². The molecule has 1 aromatic rings. The minimum atomic E-state index is -3.37. The Morgan fingerprint density at radius 2 is 2.16 bits per heavy atom. The topological polar surface area (TPSA) is 42.3 Å². The molecule has 0 saturated heterocycles. The van der Waals surface area contributed by atoms with E-state index in [-0.39, 0.29) is 6.04 Å². The monoisotopic (exact) mass is 304 g/mol. The quantitative estimate of drug-likeness (QED) is 0.727. The standard InChI is InChI=1S/C13H21ClN2O2S/c1-3-4-7-16(11-5-6-11)19(17,18)13-8-12(9-14)15(2)10-13/h8,10-11H,3-7,9H2,1-2H3. The van der Waals surface area contributed by atoms with E-state index in [1.165, 1.54) is 0 Å². The van der Waals surface area contributed by atoms with Gasteiger partial charge >= 0.3 is 0 Å². The molecule has 0 unspecified atom stereocenters. The Morgan fingerprint density at radius 3 is 2.63 bits per heavy atom. The zero-order valence-electron chi connectivity index (χ0n) is 11.5. The first-order valence-corrected chi connectivity index (χ1v) is 8.71. The van der Waals surface area contributed by atoms with Gasteiger partial charge in [0.05, 0.1) is 5.88 Å². The van der Waals surface area contributed by atoms with Gasteiger partial charge in [-0.15, -0.1) is 11.6 Å². The van der Waals surface area contributed by atoms with E-state index in [9.17, 15) is 8.42 Å². The minimum absolute atomic E-state index is 0.205.